The first-order chi connectivity index (χ1) is 18.5. The predicted molar refractivity (Wildman–Crippen MR) is 145 cm³/mol. The summed E-state index contributed by atoms with van der Waals surface area (Å²) < 4.78 is 11.1. The van der Waals surface area contributed by atoms with Gasteiger partial charge in [0, 0.05) is 33.2 Å². The number of amides is 2. The van der Waals surface area contributed by atoms with Crippen LogP contribution in [0, 0.1) is 23.7 Å². The number of likely N-dealkylation sites (tertiary alicyclic amines) is 1. The molecule has 6 atom stereocenters. The van der Waals surface area contributed by atoms with E-state index in [1.54, 1.807) is 7.11 Å². The molecule has 0 spiro atoms. The Labute approximate surface area is 228 Å². The van der Waals surface area contributed by atoms with Gasteiger partial charge in [0.15, 0.2) is 12.3 Å². The van der Waals surface area contributed by atoms with Crippen molar-refractivity contribution >= 4 is 11.8 Å². The second kappa shape index (κ2) is 12.9. The molecule has 0 aromatic heterocycles. The van der Waals surface area contributed by atoms with Crippen LogP contribution in [-0.4, -0.2) is 81.3 Å². The molecule has 9 nitrogen and oxygen atoms in total. The van der Waals surface area contributed by atoms with Gasteiger partial charge in [-0.1, -0.05) is 0 Å². The van der Waals surface area contributed by atoms with Crippen LogP contribution >= 0.6 is 0 Å². The fourth-order valence-corrected chi connectivity index (χ4v) is 8.16. The lowest BCUT2D eigenvalue weighted by atomic mass is 9.79. The lowest BCUT2D eigenvalue weighted by Gasteiger charge is -2.53. The van der Waals surface area contributed by atoms with Gasteiger partial charge in [-0.3, -0.25) is 15.3 Å². The molecule has 38 heavy (non-hydrogen) atoms. The van der Waals surface area contributed by atoms with E-state index in [-0.39, 0.29) is 42.1 Å². The molecule has 5 aliphatic rings. The van der Waals surface area contributed by atoms with E-state index in [9.17, 15) is 9.59 Å². The van der Waals surface area contributed by atoms with Crippen molar-refractivity contribution in [3.63, 3.8) is 0 Å². The van der Waals surface area contributed by atoms with Gasteiger partial charge in [-0.05, 0) is 89.4 Å². The maximum absolute atomic E-state index is 13.7. The number of hydrogen-bond acceptors (Lipinski definition) is 6. The van der Waals surface area contributed by atoms with Gasteiger partial charge in [0.1, 0.15) is 11.8 Å². The van der Waals surface area contributed by atoms with Crippen molar-refractivity contribution in [3.8, 4) is 0 Å². The van der Waals surface area contributed by atoms with Gasteiger partial charge in [0.25, 0.3) is 0 Å². The Bertz CT molecular complexity index is 798. The number of piperidine rings is 2. The number of carbonyl (C=O) groups excluding carboxylic acids is 2. The van der Waals surface area contributed by atoms with Crippen molar-refractivity contribution in [2.75, 3.05) is 33.9 Å². The quantitative estimate of drug-likeness (QED) is 0.370. The maximum atomic E-state index is 13.7. The summed E-state index contributed by atoms with van der Waals surface area (Å²) in [6, 6.07) is 0. The summed E-state index contributed by atoms with van der Waals surface area (Å²) in [5.41, 5.74) is 6.96. The standard InChI is InChI=1S/C29H51N5O4/c1-37-21-10-6-19(7-11-21)14-15-31-28(35)23-17-24-27(32-25-5-3-4-16-33(25)29(24)36)34(26(23)30)18-20-8-12-22(38-2)13-9-20/h19-27,32H,3-18,30H2,1-2H3,(H,31,35)/p+1. The maximum Gasteiger partial charge on any atom is 0.234 e. The van der Waals surface area contributed by atoms with E-state index in [0.717, 1.165) is 77.3 Å². The molecule has 0 aromatic carbocycles. The Morgan fingerprint density at radius 1 is 1.00 bits per heavy atom. The number of quaternary nitrogens is 1. The Hall–Kier alpha value is -1.26. The average Bonchev–Trinajstić information content (AvgIpc) is 2.95. The Morgan fingerprint density at radius 3 is 2.32 bits per heavy atom. The third-order valence-electron chi connectivity index (χ3n) is 10.6. The monoisotopic (exact) mass is 534 g/mol. The van der Waals surface area contributed by atoms with Crippen molar-refractivity contribution in [1.29, 1.82) is 0 Å². The first-order valence-electron chi connectivity index (χ1n) is 15.5. The summed E-state index contributed by atoms with van der Waals surface area (Å²) in [6.07, 6.45) is 14.3. The summed E-state index contributed by atoms with van der Waals surface area (Å²) >= 11 is 0. The number of nitrogens with two attached hydrogens (primary N) is 1. The van der Waals surface area contributed by atoms with Gasteiger partial charge in [-0.25, -0.2) is 5.32 Å². The van der Waals surface area contributed by atoms with Gasteiger partial charge in [-0.15, -0.1) is 0 Å². The normalized spacial score (nSPS) is 41.8. The smallest absolute Gasteiger partial charge is 0.234 e. The van der Waals surface area contributed by atoms with E-state index in [4.69, 9.17) is 15.2 Å². The molecule has 2 aliphatic carbocycles. The lowest BCUT2D eigenvalue weighted by Crippen LogP contribution is -3.26. The minimum absolute atomic E-state index is 0.00276. The van der Waals surface area contributed by atoms with Gasteiger partial charge >= 0.3 is 0 Å². The minimum atomic E-state index is -0.335. The Balaban J connectivity index is 1.24. The van der Waals surface area contributed by atoms with Crippen LogP contribution in [0.4, 0.5) is 0 Å². The molecular formula is C29H52N5O4+. The first kappa shape index (κ1) is 28.3. The van der Waals surface area contributed by atoms with Crippen LogP contribution in [-0.2, 0) is 19.1 Å². The fourth-order valence-electron chi connectivity index (χ4n) is 8.16. The molecule has 5 rings (SSSR count). The lowest BCUT2D eigenvalue weighted by molar-refractivity contribution is -0.968. The van der Waals surface area contributed by atoms with Crippen molar-refractivity contribution in [2.24, 2.45) is 29.4 Å². The molecule has 0 aromatic rings. The highest BCUT2D eigenvalue weighted by Crippen LogP contribution is 2.32. The molecule has 6 unspecified atom stereocenters. The molecule has 3 heterocycles. The molecule has 0 bridgehead atoms. The molecule has 0 radical (unpaired) electrons. The van der Waals surface area contributed by atoms with Crippen molar-refractivity contribution in [3.05, 3.63) is 0 Å². The highest BCUT2D eigenvalue weighted by molar-refractivity contribution is 5.83. The van der Waals surface area contributed by atoms with Crippen molar-refractivity contribution in [2.45, 2.75) is 114 Å². The van der Waals surface area contributed by atoms with E-state index in [1.165, 1.54) is 17.7 Å². The number of methoxy groups -OCH3 is 2. The summed E-state index contributed by atoms with van der Waals surface area (Å²) in [5, 5.41) is 7.09. The molecule has 9 heteroatoms. The van der Waals surface area contributed by atoms with Crippen LogP contribution in [0.1, 0.15) is 83.5 Å². The third kappa shape index (κ3) is 6.22. The number of ether oxygens (including phenoxy) is 2. The van der Waals surface area contributed by atoms with E-state index in [2.05, 4.69) is 10.6 Å². The molecule has 3 aliphatic heterocycles. The minimum Gasteiger partial charge on any atom is -0.381 e. The van der Waals surface area contributed by atoms with Gasteiger partial charge in [0.2, 0.25) is 11.8 Å². The third-order valence-corrected chi connectivity index (χ3v) is 10.6. The number of nitrogens with zero attached hydrogens (tertiary/aromatic N) is 1. The zero-order valence-electron chi connectivity index (χ0n) is 23.7. The summed E-state index contributed by atoms with van der Waals surface area (Å²) in [5.74, 6) is 0.950. The number of rotatable bonds is 8. The molecule has 2 amide bonds. The van der Waals surface area contributed by atoms with E-state index in [0.29, 0.717) is 37.0 Å². The molecular weight excluding hydrogens is 482 g/mol. The summed E-state index contributed by atoms with van der Waals surface area (Å²) in [7, 11) is 3.61. The second-order valence-electron chi connectivity index (χ2n) is 12.8. The largest absolute Gasteiger partial charge is 0.381 e. The number of nitrogens with one attached hydrogen (secondary N) is 3. The summed E-state index contributed by atoms with van der Waals surface area (Å²) in [6.45, 7) is 2.43. The van der Waals surface area contributed by atoms with E-state index >= 15 is 0 Å². The van der Waals surface area contributed by atoms with Crippen LogP contribution in [0.5, 0.6) is 0 Å². The molecule has 2 saturated carbocycles. The summed E-state index contributed by atoms with van der Waals surface area (Å²) in [4.78, 5) is 30.6. The average molecular weight is 535 g/mol. The van der Waals surface area contributed by atoms with Crippen molar-refractivity contribution in [1.82, 2.24) is 15.5 Å². The second-order valence-corrected chi connectivity index (χ2v) is 12.8. The zero-order chi connectivity index (χ0) is 26.6. The highest BCUT2D eigenvalue weighted by atomic mass is 16.5. The van der Waals surface area contributed by atoms with Gasteiger partial charge < -0.3 is 24.6 Å². The van der Waals surface area contributed by atoms with Gasteiger partial charge in [-0.2, -0.15) is 0 Å². The fraction of sp³-hybridized carbons (Fsp3) is 0.931. The van der Waals surface area contributed by atoms with Crippen molar-refractivity contribution < 1.29 is 24.0 Å². The van der Waals surface area contributed by atoms with E-state index < -0.39 is 0 Å². The zero-order valence-corrected chi connectivity index (χ0v) is 23.7. The number of hydrogen-bond donors (Lipinski definition) is 4. The number of carbonyl (C=O) groups is 2. The number of fused-ring (bicyclic) bond motifs is 2. The van der Waals surface area contributed by atoms with Crippen LogP contribution in [0.2, 0.25) is 0 Å². The SMILES string of the molecule is COC1CCC(CCNC(=O)C2CC3C(=O)N4CCCCC4NC3[NH+](CC3CCC(OC)CC3)C2N)CC1. The molecule has 216 valence electrons. The van der Waals surface area contributed by atoms with Crippen LogP contribution in [0.25, 0.3) is 0 Å². The van der Waals surface area contributed by atoms with Crippen LogP contribution < -0.4 is 21.3 Å². The van der Waals surface area contributed by atoms with Crippen LogP contribution in [0.15, 0.2) is 0 Å². The highest BCUT2D eigenvalue weighted by Gasteiger charge is 2.55. The Kier molecular flexibility index (Phi) is 9.63. The topological polar surface area (TPSA) is 110 Å². The van der Waals surface area contributed by atoms with E-state index in [1.807, 2.05) is 12.0 Å². The molecule has 5 fully saturated rings. The Morgan fingerprint density at radius 2 is 1.66 bits per heavy atom. The first-order valence-corrected chi connectivity index (χ1v) is 15.5. The molecule has 5 N–H and O–H groups in total. The van der Waals surface area contributed by atoms with Gasteiger partial charge in [0.05, 0.1) is 24.9 Å². The van der Waals surface area contributed by atoms with Crippen LogP contribution in [0.3, 0.4) is 0 Å². The molecule has 3 saturated heterocycles. The predicted octanol–water partition coefficient (Wildman–Crippen LogP) is 0.977.